The molecule has 0 unspecified atom stereocenters. The number of ether oxygens (including phenoxy) is 2. The van der Waals surface area contributed by atoms with Crippen molar-refractivity contribution in [3.8, 4) is 0 Å². The Balaban J connectivity index is 2.08. The Labute approximate surface area is 130 Å². The zero-order valence-corrected chi connectivity index (χ0v) is 14.0. The molecule has 6 heteroatoms. The van der Waals surface area contributed by atoms with Gasteiger partial charge in [0.1, 0.15) is 5.41 Å². The third kappa shape index (κ3) is 3.74. The Morgan fingerprint density at radius 1 is 1.52 bits per heavy atom. The maximum absolute atomic E-state index is 12.0. The van der Waals surface area contributed by atoms with Gasteiger partial charge in [0.25, 0.3) is 0 Å². The van der Waals surface area contributed by atoms with Gasteiger partial charge in [-0.1, -0.05) is 0 Å². The van der Waals surface area contributed by atoms with E-state index in [9.17, 15) is 4.79 Å². The first-order valence-electron chi connectivity index (χ1n) is 7.36. The van der Waals surface area contributed by atoms with Crippen LogP contribution in [0.5, 0.6) is 0 Å². The van der Waals surface area contributed by atoms with Gasteiger partial charge >= 0.3 is 5.97 Å². The standard InChI is InChI=1S/C15H24N2O3S/c1-5-20-12(18)14(2,3)11-10-21-13(16-11)17-15(4)6-8-19-9-7-15/h10H,5-9H2,1-4H3,(H,16,17). The highest BCUT2D eigenvalue weighted by molar-refractivity contribution is 7.13. The zero-order valence-electron chi connectivity index (χ0n) is 13.2. The highest BCUT2D eigenvalue weighted by Gasteiger charge is 2.35. The summed E-state index contributed by atoms with van der Waals surface area (Å²) in [5.41, 5.74) is 0.0499. The summed E-state index contributed by atoms with van der Waals surface area (Å²) in [6.45, 7) is 9.63. The van der Waals surface area contributed by atoms with Gasteiger partial charge in [-0.15, -0.1) is 11.3 Å². The molecule has 1 aliphatic heterocycles. The molecule has 0 saturated carbocycles. The summed E-state index contributed by atoms with van der Waals surface area (Å²) in [5, 5.41) is 6.28. The molecule has 0 bridgehead atoms. The van der Waals surface area contributed by atoms with Gasteiger partial charge < -0.3 is 14.8 Å². The number of nitrogens with zero attached hydrogens (tertiary/aromatic N) is 1. The van der Waals surface area contributed by atoms with Crippen LogP contribution in [-0.4, -0.2) is 36.3 Å². The number of anilines is 1. The van der Waals surface area contributed by atoms with Gasteiger partial charge in [0.15, 0.2) is 5.13 Å². The highest BCUT2D eigenvalue weighted by atomic mass is 32.1. The summed E-state index contributed by atoms with van der Waals surface area (Å²) in [4.78, 5) is 16.6. The maximum atomic E-state index is 12.0. The second-order valence-electron chi connectivity index (χ2n) is 6.18. The molecule has 118 valence electrons. The number of carbonyl (C=O) groups is 1. The Morgan fingerprint density at radius 3 is 2.81 bits per heavy atom. The van der Waals surface area contributed by atoms with Gasteiger partial charge in [0.05, 0.1) is 12.3 Å². The molecule has 1 fully saturated rings. The van der Waals surface area contributed by atoms with Gasteiger partial charge in [-0.3, -0.25) is 4.79 Å². The number of aromatic nitrogens is 1. The fourth-order valence-electron chi connectivity index (χ4n) is 2.24. The van der Waals surface area contributed by atoms with Crippen molar-refractivity contribution >= 4 is 22.4 Å². The number of nitrogens with one attached hydrogen (secondary N) is 1. The summed E-state index contributed by atoms with van der Waals surface area (Å²) in [6.07, 6.45) is 1.92. The molecule has 21 heavy (non-hydrogen) atoms. The van der Waals surface area contributed by atoms with Gasteiger partial charge in [-0.2, -0.15) is 0 Å². The van der Waals surface area contributed by atoms with E-state index in [1.54, 1.807) is 0 Å². The van der Waals surface area contributed by atoms with Crippen molar-refractivity contribution in [2.24, 2.45) is 0 Å². The van der Waals surface area contributed by atoms with E-state index in [0.717, 1.165) is 36.9 Å². The molecule has 1 N–H and O–H groups in total. The van der Waals surface area contributed by atoms with Crippen molar-refractivity contribution in [2.45, 2.75) is 51.5 Å². The molecule has 0 aromatic carbocycles. The lowest BCUT2D eigenvalue weighted by Gasteiger charge is -2.34. The Hall–Kier alpha value is -1.14. The Morgan fingerprint density at radius 2 is 2.19 bits per heavy atom. The zero-order chi connectivity index (χ0) is 15.5. The van der Waals surface area contributed by atoms with Crippen molar-refractivity contribution in [2.75, 3.05) is 25.1 Å². The van der Waals surface area contributed by atoms with Crippen LogP contribution in [0.15, 0.2) is 5.38 Å². The molecular formula is C15H24N2O3S. The second kappa shape index (κ2) is 6.32. The lowest BCUT2D eigenvalue weighted by Crippen LogP contribution is -2.40. The van der Waals surface area contributed by atoms with Crippen LogP contribution in [0.25, 0.3) is 0 Å². The van der Waals surface area contributed by atoms with Crippen molar-refractivity contribution in [3.63, 3.8) is 0 Å². The minimum atomic E-state index is -0.719. The number of carbonyl (C=O) groups excluding carboxylic acids is 1. The molecule has 0 spiro atoms. The first-order chi connectivity index (χ1) is 9.87. The molecular weight excluding hydrogens is 288 g/mol. The molecule has 0 aliphatic carbocycles. The normalized spacial score (nSPS) is 18.3. The number of hydrogen-bond acceptors (Lipinski definition) is 6. The lowest BCUT2D eigenvalue weighted by atomic mass is 9.90. The number of thiazole rings is 1. The molecule has 1 aromatic rings. The van der Waals surface area contributed by atoms with Gasteiger partial charge in [-0.05, 0) is 40.5 Å². The average molecular weight is 312 g/mol. The topological polar surface area (TPSA) is 60.5 Å². The third-order valence-corrected chi connectivity index (χ3v) is 4.69. The first-order valence-corrected chi connectivity index (χ1v) is 8.24. The highest BCUT2D eigenvalue weighted by Crippen LogP contribution is 2.31. The predicted octanol–water partition coefficient (Wildman–Crippen LogP) is 2.96. The third-order valence-electron chi connectivity index (χ3n) is 3.94. The van der Waals surface area contributed by atoms with Crippen LogP contribution < -0.4 is 5.32 Å². The molecule has 1 aromatic heterocycles. The van der Waals surface area contributed by atoms with E-state index < -0.39 is 5.41 Å². The minimum Gasteiger partial charge on any atom is -0.465 e. The summed E-state index contributed by atoms with van der Waals surface area (Å²) >= 11 is 1.53. The van der Waals surface area contributed by atoms with Crippen LogP contribution in [-0.2, 0) is 19.7 Å². The summed E-state index contributed by atoms with van der Waals surface area (Å²) in [6, 6.07) is 0. The monoisotopic (exact) mass is 312 g/mol. The van der Waals surface area contributed by atoms with Crippen LogP contribution >= 0.6 is 11.3 Å². The summed E-state index contributed by atoms with van der Waals surface area (Å²) in [7, 11) is 0. The first kappa shape index (κ1) is 16.2. The number of esters is 1. The van der Waals surface area contributed by atoms with Crippen LogP contribution in [0.2, 0.25) is 0 Å². The molecule has 1 saturated heterocycles. The Bertz CT molecular complexity index is 493. The fraction of sp³-hybridized carbons (Fsp3) is 0.733. The molecule has 2 heterocycles. The van der Waals surface area contributed by atoms with Crippen LogP contribution in [0.3, 0.4) is 0 Å². The van der Waals surface area contributed by atoms with Gasteiger partial charge in [0, 0.05) is 24.1 Å². The molecule has 5 nitrogen and oxygen atoms in total. The van der Waals surface area contributed by atoms with E-state index in [1.165, 1.54) is 11.3 Å². The quantitative estimate of drug-likeness (QED) is 0.847. The smallest absolute Gasteiger partial charge is 0.317 e. The van der Waals surface area contributed by atoms with Crippen molar-refractivity contribution in [3.05, 3.63) is 11.1 Å². The minimum absolute atomic E-state index is 0.0153. The van der Waals surface area contributed by atoms with Crippen LogP contribution in [0, 0.1) is 0 Å². The molecule has 0 amide bonds. The summed E-state index contributed by atoms with van der Waals surface area (Å²) in [5.74, 6) is -0.237. The maximum Gasteiger partial charge on any atom is 0.317 e. The molecule has 0 radical (unpaired) electrons. The number of hydrogen-bond donors (Lipinski definition) is 1. The second-order valence-corrected chi connectivity index (χ2v) is 7.04. The fourth-order valence-corrected chi connectivity index (χ4v) is 3.27. The van der Waals surface area contributed by atoms with Crippen molar-refractivity contribution in [1.82, 2.24) is 4.98 Å². The van der Waals surface area contributed by atoms with E-state index >= 15 is 0 Å². The van der Waals surface area contributed by atoms with Crippen molar-refractivity contribution in [1.29, 1.82) is 0 Å². The van der Waals surface area contributed by atoms with Crippen molar-refractivity contribution < 1.29 is 14.3 Å². The largest absolute Gasteiger partial charge is 0.465 e. The molecule has 1 aliphatic rings. The van der Waals surface area contributed by atoms with Crippen LogP contribution in [0.4, 0.5) is 5.13 Å². The molecule has 0 atom stereocenters. The number of rotatable bonds is 5. The van der Waals surface area contributed by atoms with E-state index in [0.29, 0.717) is 6.61 Å². The Kier molecular flexibility index (Phi) is 4.88. The predicted molar refractivity (Wildman–Crippen MR) is 83.9 cm³/mol. The SMILES string of the molecule is CCOC(=O)C(C)(C)c1csc(NC2(C)CCOCC2)n1. The van der Waals surface area contributed by atoms with Crippen LogP contribution in [0.1, 0.15) is 46.2 Å². The summed E-state index contributed by atoms with van der Waals surface area (Å²) < 4.78 is 10.5. The van der Waals surface area contributed by atoms with E-state index in [2.05, 4.69) is 17.2 Å². The van der Waals surface area contributed by atoms with E-state index in [-0.39, 0.29) is 11.5 Å². The van der Waals surface area contributed by atoms with Gasteiger partial charge in [-0.25, -0.2) is 4.98 Å². The lowest BCUT2D eigenvalue weighted by molar-refractivity contribution is -0.148. The average Bonchev–Trinajstić information content (AvgIpc) is 2.88. The molecule has 2 rings (SSSR count). The van der Waals surface area contributed by atoms with E-state index in [4.69, 9.17) is 9.47 Å². The van der Waals surface area contributed by atoms with Gasteiger partial charge in [0.2, 0.25) is 0 Å². The van der Waals surface area contributed by atoms with E-state index in [1.807, 2.05) is 26.2 Å².